The smallest absolute Gasteiger partial charge is 0.115 e. The summed E-state index contributed by atoms with van der Waals surface area (Å²) in [5.74, 6) is 0. The molecule has 7 aromatic rings. The number of nitrogens with zero attached hydrogens (tertiary/aromatic N) is 17. The molecule has 0 atom stereocenters. The molecule has 0 radical (unpaired) electrons. The molecule has 0 bridgehead atoms. The van der Waals surface area contributed by atoms with Crippen LogP contribution in [0.5, 0.6) is 0 Å². The minimum atomic E-state index is 0.323. The Labute approximate surface area is 324 Å². The summed E-state index contributed by atoms with van der Waals surface area (Å²) < 4.78 is 5.76. The van der Waals surface area contributed by atoms with Crippen LogP contribution >= 0.6 is 0 Å². The topological polar surface area (TPSA) is 187 Å². The van der Waals surface area contributed by atoms with Crippen molar-refractivity contribution in [3.05, 3.63) is 151 Å². The molecule has 0 fully saturated rings. The molecule has 56 heavy (non-hydrogen) atoms. The highest BCUT2D eigenvalue weighted by atomic mass is 16.1. The van der Waals surface area contributed by atoms with Gasteiger partial charge in [0.15, 0.2) is 0 Å². The van der Waals surface area contributed by atoms with Crippen LogP contribution in [-0.4, -0.2) is 96.4 Å². The van der Waals surface area contributed by atoms with Crippen LogP contribution in [0.3, 0.4) is 0 Å². The van der Waals surface area contributed by atoms with E-state index in [9.17, 15) is 0 Å². The Bertz CT molecular complexity index is 2100. The SMILES string of the molecule is Cn1cc(CN(N(Cc2cnccn2)N(Cc2cccnc2)NCc2cncnc2)N(Cc2cc[nH]n2)N(Cc2ccnn2C)NCCCn2ccnc2)cn1. The van der Waals surface area contributed by atoms with E-state index in [1.165, 1.54) is 6.33 Å². The van der Waals surface area contributed by atoms with Gasteiger partial charge in [-0.3, -0.25) is 29.4 Å². The fourth-order valence-electron chi connectivity index (χ4n) is 5.97. The predicted molar refractivity (Wildman–Crippen MR) is 203 cm³/mol. The van der Waals surface area contributed by atoms with Gasteiger partial charge in [-0.25, -0.2) is 25.8 Å². The minimum absolute atomic E-state index is 0.323. The van der Waals surface area contributed by atoms with Crippen molar-refractivity contribution < 1.29 is 0 Å². The van der Waals surface area contributed by atoms with Gasteiger partial charge in [0.05, 0.1) is 62.3 Å². The lowest BCUT2D eigenvalue weighted by atomic mass is 10.3. The van der Waals surface area contributed by atoms with Crippen molar-refractivity contribution in [3.8, 4) is 0 Å². The van der Waals surface area contributed by atoms with E-state index >= 15 is 0 Å². The van der Waals surface area contributed by atoms with Crippen LogP contribution in [-0.2, 0) is 59.9 Å². The zero-order valence-corrected chi connectivity index (χ0v) is 31.4. The number of aryl methyl sites for hydroxylation is 3. The van der Waals surface area contributed by atoms with E-state index < -0.39 is 0 Å². The van der Waals surface area contributed by atoms with E-state index in [0.29, 0.717) is 45.8 Å². The highest BCUT2D eigenvalue weighted by Gasteiger charge is 2.34. The quantitative estimate of drug-likeness (QED) is 0.0671. The van der Waals surface area contributed by atoms with Crippen molar-refractivity contribution >= 4 is 0 Å². The molecule has 0 saturated carbocycles. The van der Waals surface area contributed by atoms with E-state index in [1.807, 2.05) is 80.5 Å². The van der Waals surface area contributed by atoms with Crippen LogP contribution in [0.1, 0.15) is 40.2 Å². The molecule has 0 spiro atoms. The summed E-state index contributed by atoms with van der Waals surface area (Å²) in [6.07, 6.45) is 27.9. The lowest BCUT2D eigenvalue weighted by Crippen LogP contribution is -2.66. The molecule has 0 unspecified atom stereocenters. The molecular weight excluding hydrogens is 713 g/mol. The Morgan fingerprint density at radius 1 is 0.679 bits per heavy atom. The maximum atomic E-state index is 4.74. The van der Waals surface area contributed by atoms with Gasteiger partial charge in [-0.05, 0) is 30.2 Å². The second-order valence-corrected chi connectivity index (χ2v) is 12.9. The molecule has 7 aromatic heterocycles. The molecule has 7 rings (SSSR count). The van der Waals surface area contributed by atoms with Crippen molar-refractivity contribution in [2.45, 2.75) is 52.2 Å². The highest BCUT2D eigenvalue weighted by molar-refractivity contribution is 5.09. The number of pyridine rings is 1. The number of hydrogen-bond donors (Lipinski definition) is 3. The summed E-state index contributed by atoms with van der Waals surface area (Å²) in [6, 6.07) is 7.99. The molecule has 0 aliphatic rings. The van der Waals surface area contributed by atoms with Crippen molar-refractivity contribution in [2.24, 2.45) is 14.1 Å². The number of imidazole rings is 1. The fraction of sp³-hybridized carbons (Fsp3) is 0.306. The summed E-state index contributed by atoms with van der Waals surface area (Å²) in [7, 11) is 3.87. The van der Waals surface area contributed by atoms with E-state index in [-0.39, 0.29) is 0 Å². The third kappa shape index (κ3) is 10.8. The largest absolute Gasteiger partial charge is 0.337 e. The number of rotatable bonds is 22. The number of H-pyrrole nitrogens is 1. The van der Waals surface area contributed by atoms with Crippen LogP contribution in [0.15, 0.2) is 117 Å². The van der Waals surface area contributed by atoms with Crippen LogP contribution < -0.4 is 10.9 Å². The van der Waals surface area contributed by atoms with Gasteiger partial charge in [-0.1, -0.05) is 6.07 Å². The Morgan fingerprint density at radius 3 is 2.21 bits per heavy atom. The van der Waals surface area contributed by atoms with Gasteiger partial charge in [0, 0.05) is 119 Å². The van der Waals surface area contributed by atoms with E-state index in [2.05, 4.69) is 92.4 Å². The summed E-state index contributed by atoms with van der Waals surface area (Å²) in [5.41, 5.74) is 12.9. The minimum Gasteiger partial charge on any atom is -0.337 e. The number of aromatic nitrogens is 13. The third-order valence-corrected chi connectivity index (χ3v) is 8.77. The monoisotopic (exact) mass is 758 g/mol. The van der Waals surface area contributed by atoms with Gasteiger partial charge in [0.2, 0.25) is 0 Å². The Balaban J connectivity index is 1.33. The van der Waals surface area contributed by atoms with E-state index in [4.69, 9.17) is 4.98 Å². The summed E-state index contributed by atoms with van der Waals surface area (Å²) in [4.78, 5) is 26.4. The molecule has 0 saturated heterocycles. The maximum absolute atomic E-state index is 4.74. The van der Waals surface area contributed by atoms with E-state index in [0.717, 1.165) is 46.7 Å². The Kier molecular flexibility index (Phi) is 13.3. The summed E-state index contributed by atoms with van der Waals surface area (Å²) in [6.45, 7) is 3.89. The van der Waals surface area contributed by atoms with Gasteiger partial charge in [-0.15, -0.1) is 15.4 Å². The summed E-state index contributed by atoms with van der Waals surface area (Å²) in [5, 5.41) is 27.3. The highest BCUT2D eigenvalue weighted by Crippen LogP contribution is 2.22. The summed E-state index contributed by atoms with van der Waals surface area (Å²) >= 11 is 0. The number of hydrogen-bond acceptors (Lipinski definition) is 16. The predicted octanol–water partition coefficient (Wildman–Crippen LogP) is 1.82. The first-order valence-electron chi connectivity index (χ1n) is 18.2. The zero-order valence-electron chi connectivity index (χ0n) is 31.4. The average Bonchev–Trinajstić information content (AvgIpc) is 4.08. The molecule has 290 valence electrons. The van der Waals surface area contributed by atoms with Crippen LogP contribution in [0.25, 0.3) is 0 Å². The second-order valence-electron chi connectivity index (χ2n) is 12.9. The van der Waals surface area contributed by atoms with Gasteiger partial charge in [-0.2, -0.15) is 25.5 Å². The van der Waals surface area contributed by atoms with Gasteiger partial charge >= 0.3 is 0 Å². The van der Waals surface area contributed by atoms with Crippen molar-refractivity contribution in [1.29, 1.82) is 0 Å². The van der Waals surface area contributed by atoms with Crippen molar-refractivity contribution in [2.75, 3.05) is 6.54 Å². The molecule has 3 N–H and O–H groups in total. The molecule has 0 amide bonds. The van der Waals surface area contributed by atoms with Gasteiger partial charge < -0.3 is 4.57 Å². The molecule has 0 aliphatic carbocycles. The van der Waals surface area contributed by atoms with E-state index in [1.54, 1.807) is 48.1 Å². The number of aromatic amines is 1. The molecule has 20 nitrogen and oxygen atoms in total. The molecule has 0 aromatic carbocycles. The van der Waals surface area contributed by atoms with Crippen molar-refractivity contribution in [1.82, 2.24) is 101 Å². The molecule has 0 aliphatic heterocycles. The molecule has 20 heteroatoms. The van der Waals surface area contributed by atoms with Crippen LogP contribution in [0.4, 0.5) is 0 Å². The molecular formula is C36H46N20. The Hall–Kier alpha value is -6.13. The first kappa shape index (κ1) is 38.2. The first-order valence-corrected chi connectivity index (χ1v) is 18.2. The van der Waals surface area contributed by atoms with Crippen LogP contribution in [0.2, 0.25) is 0 Å². The van der Waals surface area contributed by atoms with Crippen LogP contribution in [0, 0.1) is 0 Å². The lowest BCUT2D eigenvalue weighted by molar-refractivity contribution is -0.375. The van der Waals surface area contributed by atoms with Gasteiger partial charge in [0.1, 0.15) is 6.33 Å². The lowest BCUT2D eigenvalue weighted by Gasteiger charge is -2.49. The third-order valence-electron chi connectivity index (χ3n) is 8.77. The van der Waals surface area contributed by atoms with Crippen molar-refractivity contribution in [3.63, 3.8) is 0 Å². The average molecular weight is 759 g/mol. The molecule has 7 heterocycles. The first-order chi connectivity index (χ1) is 27.6. The fourth-order valence-corrected chi connectivity index (χ4v) is 5.97. The normalized spacial score (nSPS) is 11.9. The maximum Gasteiger partial charge on any atom is 0.115 e. The number of nitrogens with one attached hydrogen (secondary N) is 3. The zero-order chi connectivity index (χ0) is 38.4. The number of hydrazine groups is 6. The second kappa shape index (κ2) is 19.5. The standard InChI is InChI=1S/C36H46N20/c1-49-23-33(21-46-49)25-56(54(26-34-6-10-43-48-34)53(28-36-7-11-44-50(36)2)45-9-4-15-51-16-14-39-30-51)55(27-35-22-38-12-13-42-35)52(24-31-5-3-8-37-17-31)47-20-32-18-40-29-41-19-32/h3,5-8,10-14,16-19,21-23,29-30,45,47H,4,9,15,20,24-28H2,1-2H3,(H,43,48). The Morgan fingerprint density at radius 2 is 1.52 bits per heavy atom. The van der Waals surface area contributed by atoms with Gasteiger partial charge in [0.25, 0.3) is 0 Å².